The Kier molecular flexibility index (Phi) is 5.73. The van der Waals surface area contributed by atoms with Crippen molar-refractivity contribution < 1.29 is 19.1 Å². The lowest BCUT2D eigenvalue weighted by Gasteiger charge is -2.15. The van der Waals surface area contributed by atoms with Crippen molar-refractivity contribution in [2.75, 3.05) is 19.8 Å². The summed E-state index contributed by atoms with van der Waals surface area (Å²) in [7, 11) is 0. The van der Waals surface area contributed by atoms with Crippen molar-refractivity contribution in [2.24, 2.45) is 11.7 Å². The highest BCUT2D eigenvalue weighted by Gasteiger charge is 2.18. The van der Waals surface area contributed by atoms with E-state index in [1.165, 1.54) is 5.56 Å². The first kappa shape index (κ1) is 17.8. The summed E-state index contributed by atoms with van der Waals surface area (Å²) in [5.74, 6) is 0.953. The standard InChI is InChI=1S/C20H22N2O4/c21-19(23)13-26-17-6-3-5-16(11-17)20(24)22-12-14-8-9-25-18-7-2-1-4-15(18)10-14/h1-7,11,14H,8-10,12-13H2,(H2,21,23)(H,22,24). The molecule has 0 saturated heterocycles. The van der Waals surface area contributed by atoms with Crippen molar-refractivity contribution in [1.29, 1.82) is 0 Å². The molecule has 1 heterocycles. The average molecular weight is 354 g/mol. The maximum atomic E-state index is 12.4. The zero-order chi connectivity index (χ0) is 18.4. The number of amides is 2. The molecule has 1 atom stereocenters. The van der Waals surface area contributed by atoms with Crippen LogP contribution in [0, 0.1) is 5.92 Å². The molecule has 2 amide bonds. The van der Waals surface area contributed by atoms with Crippen LogP contribution in [0.1, 0.15) is 22.3 Å². The quantitative estimate of drug-likeness (QED) is 0.829. The number of hydrogen-bond acceptors (Lipinski definition) is 4. The molecule has 0 aliphatic carbocycles. The van der Waals surface area contributed by atoms with Crippen LogP contribution in [-0.2, 0) is 11.2 Å². The third-order valence-corrected chi connectivity index (χ3v) is 4.29. The average Bonchev–Trinajstić information content (AvgIpc) is 2.86. The van der Waals surface area contributed by atoms with Gasteiger partial charge in [-0.3, -0.25) is 9.59 Å². The van der Waals surface area contributed by atoms with Gasteiger partial charge in [-0.1, -0.05) is 24.3 Å². The van der Waals surface area contributed by atoms with E-state index in [4.69, 9.17) is 15.2 Å². The normalized spacial score (nSPS) is 15.9. The third-order valence-electron chi connectivity index (χ3n) is 4.29. The zero-order valence-corrected chi connectivity index (χ0v) is 14.4. The van der Waals surface area contributed by atoms with E-state index >= 15 is 0 Å². The number of hydrogen-bond donors (Lipinski definition) is 2. The van der Waals surface area contributed by atoms with Crippen LogP contribution < -0.4 is 20.5 Å². The fourth-order valence-corrected chi connectivity index (χ4v) is 2.96. The monoisotopic (exact) mass is 354 g/mol. The van der Waals surface area contributed by atoms with Crippen LogP contribution in [0.15, 0.2) is 48.5 Å². The lowest BCUT2D eigenvalue weighted by atomic mass is 9.97. The van der Waals surface area contributed by atoms with E-state index in [0.29, 0.717) is 30.4 Å². The van der Waals surface area contributed by atoms with E-state index in [1.54, 1.807) is 24.3 Å². The van der Waals surface area contributed by atoms with Gasteiger partial charge in [0.25, 0.3) is 11.8 Å². The third kappa shape index (κ3) is 4.75. The first-order valence-corrected chi connectivity index (χ1v) is 8.62. The van der Waals surface area contributed by atoms with E-state index < -0.39 is 5.91 Å². The molecule has 0 bridgehead atoms. The number of nitrogens with two attached hydrogens (primary N) is 1. The van der Waals surface area contributed by atoms with Gasteiger partial charge in [-0.05, 0) is 48.6 Å². The van der Waals surface area contributed by atoms with Gasteiger partial charge in [0.1, 0.15) is 11.5 Å². The number of nitrogens with one attached hydrogen (secondary N) is 1. The Balaban J connectivity index is 1.57. The van der Waals surface area contributed by atoms with Crippen molar-refractivity contribution in [3.05, 3.63) is 59.7 Å². The predicted molar refractivity (Wildman–Crippen MR) is 97.2 cm³/mol. The van der Waals surface area contributed by atoms with E-state index in [-0.39, 0.29) is 12.5 Å². The Morgan fingerprint density at radius 3 is 2.88 bits per heavy atom. The van der Waals surface area contributed by atoms with Crippen molar-refractivity contribution in [3.63, 3.8) is 0 Å². The molecule has 6 nitrogen and oxygen atoms in total. The molecular weight excluding hydrogens is 332 g/mol. The largest absolute Gasteiger partial charge is 0.493 e. The maximum Gasteiger partial charge on any atom is 0.255 e. The molecule has 3 rings (SSSR count). The molecule has 0 radical (unpaired) electrons. The van der Waals surface area contributed by atoms with Crippen LogP contribution in [-0.4, -0.2) is 31.6 Å². The van der Waals surface area contributed by atoms with Gasteiger partial charge in [-0.25, -0.2) is 0 Å². The van der Waals surface area contributed by atoms with Crippen LogP contribution in [0.25, 0.3) is 0 Å². The molecule has 0 aromatic heterocycles. The van der Waals surface area contributed by atoms with Crippen molar-refractivity contribution in [1.82, 2.24) is 5.32 Å². The minimum absolute atomic E-state index is 0.173. The van der Waals surface area contributed by atoms with Crippen molar-refractivity contribution in [2.45, 2.75) is 12.8 Å². The SMILES string of the molecule is NC(=O)COc1cccc(C(=O)NCC2CCOc3ccccc3C2)c1. The van der Waals surface area contributed by atoms with Gasteiger partial charge in [-0.2, -0.15) is 0 Å². The molecule has 2 aromatic rings. The minimum Gasteiger partial charge on any atom is -0.493 e. The number of ether oxygens (including phenoxy) is 2. The van der Waals surface area contributed by atoms with Gasteiger partial charge in [0.2, 0.25) is 0 Å². The van der Waals surface area contributed by atoms with Gasteiger partial charge >= 0.3 is 0 Å². The minimum atomic E-state index is -0.560. The first-order chi connectivity index (χ1) is 12.6. The Morgan fingerprint density at radius 1 is 1.19 bits per heavy atom. The van der Waals surface area contributed by atoms with Gasteiger partial charge in [0.15, 0.2) is 6.61 Å². The Bertz CT molecular complexity index is 791. The summed E-state index contributed by atoms with van der Waals surface area (Å²) in [6, 6.07) is 14.7. The van der Waals surface area contributed by atoms with Crippen molar-refractivity contribution >= 4 is 11.8 Å². The Labute approximate surface area is 152 Å². The molecule has 2 aromatic carbocycles. The molecule has 0 spiro atoms. The molecule has 1 aliphatic heterocycles. The van der Waals surface area contributed by atoms with E-state index in [2.05, 4.69) is 11.4 Å². The molecule has 0 fully saturated rings. The van der Waals surface area contributed by atoms with E-state index in [9.17, 15) is 9.59 Å². The van der Waals surface area contributed by atoms with Crippen LogP contribution in [0.2, 0.25) is 0 Å². The molecule has 1 aliphatic rings. The predicted octanol–water partition coefficient (Wildman–Crippen LogP) is 1.92. The zero-order valence-electron chi connectivity index (χ0n) is 14.4. The number of para-hydroxylation sites is 1. The van der Waals surface area contributed by atoms with Crippen molar-refractivity contribution in [3.8, 4) is 11.5 Å². The van der Waals surface area contributed by atoms with E-state index in [0.717, 1.165) is 18.6 Å². The second-order valence-electron chi connectivity index (χ2n) is 6.31. The van der Waals surface area contributed by atoms with Crippen LogP contribution in [0.3, 0.4) is 0 Å². The molecule has 0 saturated carbocycles. The van der Waals surface area contributed by atoms with Gasteiger partial charge in [-0.15, -0.1) is 0 Å². The number of rotatable bonds is 6. The van der Waals surface area contributed by atoms with Gasteiger partial charge in [0.05, 0.1) is 6.61 Å². The van der Waals surface area contributed by atoms with Gasteiger partial charge < -0.3 is 20.5 Å². The number of carbonyl (C=O) groups is 2. The van der Waals surface area contributed by atoms with Gasteiger partial charge in [0, 0.05) is 12.1 Å². The topological polar surface area (TPSA) is 90.7 Å². The molecule has 1 unspecified atom stereocenters. The fraction of sp³-hybridized carbons (Fsp3) is 0.300. The summed E-state index contributed by atoms with van der Waals surface area (Å²) in [6.07, 6.45) is 1.76. The molecule has 26 heavy (non-hydrogen) atoms. The summed E-state index contributed by atoms with van der Waals surface area (Å²) in [5.41, 5.74) is 6.72. The number of carbonyl (C=O) groups excluding carboxylic acids is 2. The Morgan fingerprint density at radius 2 is 2.04 bits per heavy atom. The van der Waals surface area contributed by atoms with Crippen LogP contribution in [0.5, 0.6) is 11.5 Å². The fourth-order valence-electron chi connectivity index (χ4n) is 2.96. The number of benzene rings is 2. The number of primary amides is 1. The maximum absolute atomic E-state index is 12.4. The highest BCUT2D eigenvalue weighted by atomic mass is 16.5. The second-order valence-corrected chi connectivity index (χ2v) is 6.31. The first-order valence-electron chi connectivity index (χ1n) is 8.62. The highest BCUT2D eigenvalue weighted by molar-refractivity contribution is 5.94. The molecule has 136 valence electrons. The smallest absolute Gasteiger partial charge is 0.255 e. The molecule has 6 heteroatoms. The summed E-state index contributed by atoms with van der Waals surface area (Å²) >= 11 is 0. The summed E-state index contributed by atoms with van der Waals surface area (Å²) in [4.78, 5) is 23.2. The Hall–Kier alpha value is -3.02. The number of fused-ring (bicyclic) bond motifs is 1. The molecular formula is C20H22N2O4. The summed E-state index contributed by atoms with van der Waals surface area (Å²) in [5, 5.41) is 2.98. The highest BCUT2D eigenvalue weighted by Crippen LogP contribution is 2.26. The van der Waals surface area contributed by atoms with Crippen LogP contribution >= 0.6 is 0 Å². The summed E-state index contributed by atoms with van der Waals surface area (Å²) in [6.45, 7) is 1.00. The van der Waals surface area contributed by atoms with E-state index in [1.807, 2.05) is 18.2 Å². The summed E-state index contributed by atoms with van der Waals surface area (Å²) < 4.78 is 11.0. The van der Waals surface area contributed by atoms with Crippen LogP contribution in [0.4, 0.5) is 0 Å². The lowest BCUT2D eigenvalue weighted by molar-refractivity contribution is -0.119. The second kappa shape index (κ2) is 8.38. The molecule has 3 N–H and O–H groups in total. The lowest BCUT2D eigenvalue weighted by Crippen LogP contribution is -2.30.